The number of hydrogen-bond donors (Lipinski definition) is 2. The van der Waals surface area contributed by atoms with Crippen LogP contribution in [0.4, 0.5) is 0 Å². The van der Waals surface area contributed by atoms with E-state index in [0.29, 0.717) is 17.9 Å². The van der Waals surface area contributed by atoms with Crippen molar-refractivity contribution in [2.45, 2.75) is 13.8 Å². The van der Waals surface area contributed by atoms with Crippen LogP contribution in [0.1, 0.15) is 24.2 Å². The van der Waals surface area contributed by atoms with Crippen molar-refractivity contribution in [3.63, 3.8) is 0 Å². The number of methoxy groups -OCH3 is 1. The molecule has 18 heavy (non-hydrogen) atoms. The number of ether oxygens (including phenoxy) is 1. The number of carbonyl (C=O) groups excluding carboxylic acids is 1. The number of rotatable bonds is 6. The molecule has 0 fully saturated rings. The van der Waals surface area contributed by atoms with Crippen LogP contribution >= 0.6 is 0 Å². The minimum absolute atomic E-state index is 0.0310. The molecule has 0 bridgehead atoms. The fourth-order valence-electron chi connectivity index (χ4n) is 1.73. The van der Waals surface area contributed by atoms with Crippen LogP contribution in [-0.2, 0) is 0 Å². The zero-order valence-corrected chi connectivity index (χ0v) is 11.5. The van der Waals surface area contributed by atoms with E-state index in [-0.39, 0.29) is 11.3 Å². The number of carbonyl (C=O) groups is 1. The Labute approximate surface area is 109 Å². The average molecular weight is 250 g/mol. The molecule has 0 saturated heterocycles. The zero-order valence-electron chi connectivity index (χ0n) is 11.5. The highest BCUT2D eigenvalue weighted by Gasteiger charge is 2.18. The Kier molecular flexibility index (Phi) is 5.16. The van der Waals surface area contributed by atoms with Gasteiger partial charge in [-0.15, -0.1) is 0 Å². The van der Waals surface area contributed by atoms with E-state index >= 15 is 0 Å². The molecule has 0 atom stereocenters. The molecule has 1 aromatic carbocycles. The first-order chi connectivity index (χ1) is 8.48. The summed E-state index contributed by atoms with van der Waals surface area (Å²) < 4.78 is 5.10. The summed E-state index contributed by atoms with van der Waals surface area (Å²) >= 11 is 0. The molecular weight excluding hydrogens is 228 g/mol. The lowest BCUT2D eigenvalue weighted by Gasteiger charge is -2.24. The molecule has 0 unspecified atom stereocenters. The second-order valence-corrected chi connectivity index (χ2v) is 5.11. The molecule has 0 aliphatic rings. The normalized spacial score (nSPS) is 11.1. The van der Waals surface area contributed by atoms with Crippen LogP contribution in [0.25, 0.3) is 0 Å². The molecule has 100 valence electrons. The van der Waals surface area contributed by atoms with E-state index in [1.807, 2.05) is 19.2 Å². The molecular formula is C14H22N2O2. The first-order valence-electron chi connectivity index (χ1n) is 6.05. The number of benzene rings is 1. The third-order valence-electron chi connectivity index (χ3n) is 2.71. The van der Waals surface area contributed by atoms with Crippen molar-refractivity contribution in [3.05, 3.63) is 29.8 Å². The third-order valence-corrected chi connectivity index (χ3v) is 2.71. The van der Waals surface area contributed by atoms with Gasteiger partial charge in [-0.3, -0.25) is 4.79 Å². The first kappa shape index (κ1) is 14.5. The van der Waals surface area contributed by atoms with Gasteiger partial charge in [0, 0.05) is 18.7 Å². The van der Waals surface area contributed by atoms with Crippen LogP contribution in [0.5, 0.6) is 5.75 Å². The minimum atomic E-state index is -0.0712. The van der Waals surface area contributed by atoms with Crippen molar-refractivity contribution in [2.24, 2.45) is 5.41 Å². The Balaban J connectivity index is 2.60. The van der Waals surface area contributed by atoms with Crippen LogP contribution in [0.2, 0.25) is 0 Å². The van der Waals surface area contributed by atoms with Crippen molar-refractivity contribution < 1.29 is 9.53 Å². The number of hydrogen-bond acceptors (Lipinski definition) is 3. The lowest BCUT2D eigenvalue weighted by Crippen LogP contribution is -2.39. The van der Waals surface area contributed by atoms with Gasteiger partial charge in [-0.1, -0.05) is 19.9 Å². The molecule has 0 spiro atoms. The Morgan fingerprint density at radius 2 is 2.06 bits per heavy atom. The molecule has 0 saturated carbocycles. The summed E-state index contributed by atoms with van der Waals surface area (Å²) in [4.78, 5) is 12.0. The van der Waals surface area contributed by atoms with E-state index in [9.17, 15) is 4.79 Å². The van der Waals surface area contributed by atoms with Gasteiger partial charge >= 0.3 is 0 Å². The van der Waals surface area contributed by atoms with Crippen molar-refractivity contribution in [3.8, 4) is 5.75 Å². The Bertz CT molecular complexity index is 403. The van der Waals surface area contributed by atoms with Crippen LogP contribution in [0.15, 0.2) is 24.3 Å². The summed E-state index contributed by atoms with van der Waals surface area (Å²) in [5.41, 5.74) is 0.651. The maximum Gasteiger partial charge on any atom is 0.251 e. The molecule has 4 heteroatoms. The van der Waals surface area contributed by atoms with Crippen LogP contribution in [0, 0.1) is 5.41 Å². The first-order valence-corrected chi connectivity index (χ1v) is 6.05. The zero-order chi connectivity index (χ0) is 13.6. The molecule has 4 nitrogen and oxygen atoms in total. The van der Waals surface area contributed by atoms with Gasteiger partial charge in [-0.05, 0) is 30.7 Å². The molecule has 0 aromatic heterocycles. The van der Waals surface area contributed by atoms with E-state index < -0.39 is 0 Å². The van der Waals surface area contributed by atoms with E-state index in [1.54, 1.807) is 19.2 Å². The second-order valence-electron chi connectivity index (χ2n) is 5.11. The highest BCUT2D eigenvalue weighted by molar-refractivity contribution is 5.94. The fraction of sp³-hybridized carbons (Fsp3) is 0.500. The fourth-order valence-corrected chi connectivity index (χ4v) is 1.73. The summed E-state index contributed by atoms with van der Waals surface area (Å²) in [5, 5.41) is 6.06. The van der Waals surface area contributed by atoms with Gasteiger partial charge in [0.15, 0.2) is 0 Å². The van der Waals surface area contributed by atoms with Crippen molar-refractivity contribution >= 4 is 5.91 Å². The van der Waals surface area contributed by atoms with Crippen LogP contribution in [0.3, 0.4) is 0 Å². The molecule has 0 aliphatic carbocycles. The number of amides is 1. The molecule has 2 N–H and O–H groups in total. The van der Waals surface area contributed by atoms with Crippen molar-refractivity contribution in [1.82, 2.24) is 10.6 Å². The summed E-state index contributed by atoms with van der Waals surface area (Å²) in [6, 6.07) is 7.15. The summed E-state index contributed by atoms with van der Waals surface area (Å²) in [6.45, 7) is 5.69. The summed E-state index contributed by atoms with van der Waals surface area (Å²) in [7, 11) is 3.50. The van der Waals surface area contributed by atoms with Gasteiger partial charge in [0.25, 0.3) is 5.91 Å². The summed E-state index contributed by atoms with van der Waals surface area (Å²) in [6.07, 6.45) is 0. The maximum absolute atomic E-state index is 12.0. The largest absolute Gasteiger partial charge is 0.497 e. The Morgan fingerprint density at radius 3 is 2.67 bits per heavy atom. The van der Waals surface area contributed by atoms with Gasteiger partial charge in [0.1, 0.15) is 5.75 Å². The number of nitrogens with one attached hydrogen (secondary N) is 2. The predicted octanol–water partition coefficient (Wildman–Crippen LogP) is 1.67. The quantitative estimate of drug-likeness (QED) is 0.807. The molecule has 0 heterocycles. The molecule has 1 rings (SSSR count). The molecule has 1 amide bonds. The van der Waals surface area contributed by atoms with Gasteiger partial charge in [-0.2, -0.15) is 0 Å². The Morgan fingerprint density at radius 1 is 1.33 bits per heavy atom. The predicted molar refractivity (Wildman–Crippen MR) is 73.0 cm³/mol. The van der Waals surface area contributed by atoms with Gasteiger partial charge < -0.3 is 15.4 Å². The van der Waals surface area contributed by atoms with Crippen LogP contribution < -0.4 is 15.4 Å². The van der Waals surface area contributed by atoms with Crippen molar-refractivity contribution in [1.29, 1.82) is 0 Å². The van der Waals surface area contributed by atoms with E-state index in [1.165, 1.54) is 0 Å². The molecule has 0 radical (unpaired) electrons. The monoisotopic (exact) mass is 250 g/mol. The molecule has 1 aromatic rings. The lowest BCUT2D eigenvalue weighted by atomic mass is 9.93. The Hall–Kier alpha value is -1.55. The van der Waals surface area contributed by atoms with Gasteiger partial charge in [0.2, 0.25) is 0 Å². The third kappa shape index (κ3) is 4.37. The summed E-state index contributed by atoms with van der Waals surface area (Å²) in [5.74, 6) is 0.621. The van der Waals surface area contributed by atoms with E-state index in [2.05, 4.69) is 24.5 Å². The smallest absolute Gasteiger partial charge is 0.251 e. The van der Waals surface area contributed by atoms with E-state index in [4.69, 9.17) is 4.74 Å². The lowest BCUT2D eigenvalue weighted by molar-refractivity contribution is 0.0936. The van der Waals surface area contributed by atoms with Gasteiger partial charge in [0.05, 0.1) is 7.11 Å². The van der Waals surface area contributed by atoms with Crippen molar-refractivity contribution in [2.75, 3.05) is 27.2 Å². The average Bonchev–Trinajstić information content (AvgIpc) is 2.36. The minimum Gasteiger partial charge on any atom is -0.497 e. The van der Waals surface area contributed by atoms with Crippen LogP contribution in [-0.4, -0.2) is 33.2 Å². The standard InChI is InChI=1S/C14H22N2O2/c1-14(2,9-15-3)10-16-13(17)11-6-5-7-12(8-11)18-4/h5-8,15H,9-10H2,1-4H3,(H,16,17). The SMILES string of the molecule is CNCC(C)(C)CNC(=O)c1cccc(OC)c1. The second kappa shape index (κ2) is 6.40. The highest BCUT2D eigenvalue weighted by atomic mass is 16.5. The highest BCUT2D eigenvalue weighted by Crippen LogP contribution is 2.14. The topological polar surface area (TPSA) is 50.4 Å². The molecule has 0 aliphatic heterocycles. The van der Waals surface area contributed by atoms with Gasteiger partial charge in [-0.25, -0.2) is 0 Å². The van der Waals surface area contributed by atoms with E-state index in [0.717, 1.165) is 6.54 Å². The maximum atomic E-state index is 12.0.